The zero-order chi connectivity index (χ0) is 19.1. The SMILES string of the molecule is Cc1cc(C)n2nc(C(=O)N3CCC[C@H](c4nc(C(C)C)no4)C3)cc2n1. The summed E-state index contributed by atoms with van der Waals surface area (Å²) in [6, 6.07) is 3.71. The Morgan fingerprint density at radius 1 is 1.26 bits per heavy atom. The first kappa shape index (κ1) is 17.6. The predicted molar refractivity (Wildman–Crippen MR) is 98.7 cm³/mol. The van der Waals surface area contributed by atoms with E-state index in [1.54, 1.807) is 10.6 Å². The smallest absolute Gasteiger partial charge is 0.274 e. The first-order valence-corrected chi connectivity index (χ1v) is 9.39. The summed E-state index contributed by atoms with van der Waals surface area (Å²) in [7, 11) is 0. The van der Waals surface area contributed by atoms with E-state index in [2.05, 4.69) is 20.2 Å². The molecule has 1 saturated heterocycles. The van der Waals surface area contributed by atoms with Crippen molar-refractivity contribution in [2.45, 2.75) is 52.4 Å². The van der Waals surface area contributed by atoms with Crippen LogP contribution >= 0.6 is 0 Å². The van der Waals surface area contributed by atoms with E-state index >= 15 is 0 Å². The number of nitrogens with zero attached hydrogens (tertiary/aromatic N) is 6. The molecule has 0 saturated carbocycles. The van der Waals surface area contributed by atoms with Gasteiger partial charge < -0.3 is 9.42 Å². The van der Waals surface area contributed by atoms with Crippen LogP contribution in [0.15, 0.2) is 16.7 Å². The van der Waals surface area contributed by atoms with Crippen LogP contribution in [0.25, 0.3) is 5.65 Å². The highest BCUT2D eigenvalue weighted by molar-refractivity contribution is 5.93. The molecule has 1 atom stereocenters. The van der Waals surface area contributed by atoms with Gasteiger partial charge in [-0.1, -0.05) is 19.0 Å². The van der Waals surface area contributed by atoms with Crippen LogP contribution in [0.1, 0.15) is 72.1 Å². The van der Waals surface area contributed by atoms with E-state index in [1.165, 1.54) is 0 Å². The first-order valence-electron chi connectivity index (χ1n) is 9.39. The summed E-state index contributed by atoms with van der Waals surface area (Å²) in [4.78, 5) is 23.8. The van der Waals surface area contributed by atoms with E-state index in [9.17, 15) is 4.79 Å². The van der Waals surface area contributed by atoms with E-state index in [-0.39, 0.29) is 17.7 Å². The third-order valence-corrected chi connectivity index (χ3v) is 4.98. The highest BCUT2D eigenvalue weighted by Crippen LogP contribution is 2.27. The van der Waals surface area contributed by atoms with Crippen molar-refractivity contribution in [1.29, 1.82) is 0 Å². The van der Waals surface area contributed by atoms with Gasteiger partial charge in [0.05, 0.1) is 5.92 Å². The molecule has 3 aromatic rings. The average Bonchev–Trinajstić information content (AvgIpc) is 3.28. The largest absolute Gasteiger partial charge is 0.339 e. The minimum Gasteiger partial charge on any atom is -0.339 e. The van der Waals surface area contributed by atoms with Crippen molar-refractivity contribution in [3.8, 4) is 0 Å². The Hall–Kier alpha value is -2.77. The molecule has 0 aromatic carbocycles. The number of rotatable bonds is 3. The summed E-state index contributed by atoms with van der Waals surface area (Å²) in [6.07, 6.45) is 1.84. The van der Waals surface area contributed by atoms with E-state index in [0.29, 0.717) is 36.1 Å². The number of hydrogen-bond acceptors (Lipinski definition) is 6. The van der Waals surface area contributed by atoms with Crippen molar-refractivity contribution in [3.05, 3.63) is 40.9 Å². The third-order valence-electron chi connectivity index (χ3n) is 4.98. The number of amides is 1. The Bertz CT molecular complexity index is 989. The number of carbonyl (C=O) groups excluding carboxylic acids is 1. The van der Waals surface area contributed by atoms with E-state index in [1.807, 2.05) is 38.7 Å². The van der Waals surface area contributed by atoms with Gasteiger partial charge in [-0.25, -0.2) is 9.50 Å². The molecule has 3 aromatic heterocycles. The number of likely N-dealkylation sites (tertiary alicyclic amines) is 1. The highest BCUT2D eigenvalue weighted by atomic mass is 16.5. The van der Waals surface area contributed by atoms with Crippen molar-refractivity contribution < 1.29 is 9.32 Å². The summed E-state index contributed by atoms with van der Waals surface area (Å²) >= 11 is 0. The fourth-order valence-corrected chi connectivity index (χ4v) is 3.56. The normalized spacial score (nSPS) is 17.8. The maximum Gasteiger partial charge on any atom is 0.274 e. The lowest BCUT2D eigenvalue weighted by molar-refractivity contribution is 0.0689. The Balaban J connectivity index is 1.55. The minimum atomic E-state index is -0.0779. The van der Waals surface area contributed by atoms with Crippen molar-refractivity contribution in [1.82, 2.24) is 29.6 Å². The summed E-state index contributed by atoms with van der Waals surface area (Å²) in [5.41, 5.74) is 2.99. The van der Waals surface area contributed by atoms with Crippen LogP contribution in [0.3, 0.4) is 0 Å². The van der Waals surface area contributed by atoms with Crippen LogP contribution in [-0.4, -0.2) is 48.6 Å². The molecule has 0 unspecified atom stereocenters. The molecule has 0 spiro atoms. The molecule has 0 N–H and O–H groups in total. The maximum atomic E-state index is 13.0. The Labute approximate surface area is 157 Å². The Kier molecular flexibility index (Phi) is 4.41. The molecule has 1 aliphatic heterocycles. The molecule has 4 heterocycles. The van der Waals surface area contributed by atoms with Gasteiger partial charge in [-0.05, 0) is 32.8 Å². The lowest BCUT2D eigenvalue weighted by Gasteiger charge is -2.30. The van der Waals surface area contributed by atoms with E-state index < -0.39 is 0 Å². The number of carbonyl (C=O) groups is 1. The van der Waals surface area contributed by atoms with Crippen LogP contribution < -0.4 is 0 Å². The van der Waals surface area contributed by atoms with Crippen molar-refractivity contribution in [2.75, 3.05) is 13.1 Å². The second kappa shape index (κ2) is 6.75. The molecular weight excluding hydrogens is 344 g/mol. The number of hydrogen-bond donors (Lipinski definition) is 0. The zero-order valence-electron chi connectivity index (χ0n) is 16.1. The third kappa shape index (κ3) is 3.31. The molecular formula is C19H24N6O2. The number of piperidine rings is 1. The summed E-state index contributed by atoms with van der Waals surface area (Å²) < 4.78 is 7.16. The van der Waals surface area contributed by atoms with E-state index in [4.69, 9.17) is 4.52 Å². The van der Waals surface area contributed by atoms with Crippen molar-refractivity contribution in [3.63, 3.8) is 0 Å². The van der Waals surface area contributed by atoms with Gasteiger partial charge in [0.25, 0.3) is 5.91 Å². The molecule has 1 aliphatic rings. The molecule has 0 bridgehead atoms. The second-order valence-electron chi connectivity index (χ2n) is 7.57. The number of aryl methyl sites for hydroxylation is 2. The van der Waals surface area contributed by atoms with Gasteiger partial charge in [0.2, 0.25) is 5.89 Å². The molecule has 4 rings (SSSR count). The summed E-state index contributed by atoms with van der Waals surface area (Å²) in [6.45, 7) is 9.24. The van der Waals surface area contributed by atoms with Gasteiger partial charge in [-0.3, -0.25) is 4.79 Å². The summed E-state index contributed by atoms with van der Waals surface area (Å²) in [5, 5.41) is 8.52. The van der Waals surface area contributed by atoms with Gasteiger partial charge >= 0.3 is 0 Å². The maximum absolute atomic E-state index is 13.0. The van der Waals surface area contributed by atoms with Gasteiger partial charge in [0.15, 0.2) is 17.2 Å². The van der Waals surface area contributed by atoms with Gasteiger partial charge in [0, 0.05) is 36.5 Å². The van der Waals surface area contributed by atoms with Gasteiger partial charge in [-0.15, -0.1) is 0 Å². The zero-order valence-corrected chi connectivity index (χ0v) is 16.1. The minimum absolute atomic E-state index is 0.0711. The van der Waals surface area contributed by atoms with Crippen molar-refractivity contribution >= 4 is 11.6 Å². The average molecular weight is 368 g/mol. The Morgan fingerprint density at radius 3 is 2.81 bits per heavy atom. The van der Waals surface area contributed by atoms with E-state index in [0.717, 1.165) is 24.2 Å². The highest BCUT2D eigenvalue weighted by Gasteiger charge is 2.30. The van der Waals surface area contributed by atoms with Crippen LogP contribution in [0.5, 0.6) is 0 Å². The number of aromatic nitrogens is 5. The molecule has 0 radical (unpaired) electrons. The molecule has 142 valence electrons. The Morgan fingerprint density at radius 2 is 2.07 bits per heavy atom. The quantitative estimate of drug-likeness (QED) is 0.706. The molecule has 1 fully saturated rings. The predicted octanol–water partition coefficient (Wildman–Crippen LogP) is 2.87. The lowest BCUT2D eigenvalue weighted by Crippen LogP contribution is -2.39. The van der Waals surface area contributed by atoms with Gasteiger partial charge in [-0.2, -0.15) is 10.1 Å². The lowest BCUT2D eigenvalue weighted by atomic mass is 9.97. The molecule has 8 heteroatoms. The fourth-order valence-electron chi connectivity index (χ4n) is 3.56. The van der Waals surface area contributed by atoms with Crippen LogP contribution in [-0.2, 0) is 0 Å². The second-order valence-corrected chi connectivity index (χ2v) is 7.57. The molecule has 8 nitrogen and oxygen atoms in total. The van der Waals surface area contributed by atoms with Crippen LogP contribution in [0.4, 0.5) is 0 Å². The van der Waals surface area contributed by atoms with Crippen LogP contribution in [0, 0.1) is 13.8 Å². The summed E-state index contributed by atoms with van der Waals surface area (Å²) in [5.74, 6) is 1.55. The van der Waals surface area contributed by atoms with Crippen LogP contribution in [0.2, 0.25) is 0 Å². The monoisotopic (exact) mass is 368 g/mol. The molecule has 27 heavy (non-hydrogen) atoms. The first-order chi connectivity index (χ1) is 12.9. The standard InChI is InChI=1S/C19H24N6O2/c1-11(2)17-21-18(27-23-17)14-6-5-7-24(10-14)19(26)15-9-16-20-12(3)8-13(4)25(16)22-15/h8-9,11,14H,5-7,10H2,1-4H3/t14-/m0/s1. The molecule has 1 amide bonds. The van der Waals surface area contributed by atoms with Gasteiger partial charge in [0.1, 0.15) is 0 Å². The number of fused-ring (bicyclic) bond motifs is 1. The topological polar surface area (TPSA) is 89.4 Å². The van der Waals surface area contributed by atoms with Crippen molar-refractivity contribution in [2.24, 2.45) is 0 Å². The fraction of sp³-hybridized carbons (Fsp3) is 0.526. The molecule has 0 aliphatic carbocycles.